The summed E-state index contributed by atoms with van der Waals surface area (Å²) in [4.78, 5) is 12.8. The van der Waals surface area contributed by atoms with E-state index in [9.17, 15) is 18.0 Å². The Morgan fingerprint density at radius 3 is 2.27 bits per heavy atom. The Balaban J connectivity index is 1.91. The van der Waals surface area contributed by atoms with Crippen molar-refractivity contribution in [3.8, 4) is 5.69 Å². The molecule has 1 saturated carbocycles. The van der Waals surface area contributed by atoms with E-state index in [2.05, 4.69) is 15.9 Å². The minimum Gasteiger partial charge on any atom is -0.276 e. The number of hydrogen-bond acceptors (Lipinski definition) is 1. The highest BCUT2D eigenvalue weighted by Gasteiger charge is 2.33. The highest BCUT2D eigenvalue weighted by Crippen LogP contribution is 2.43. The number of nitrogens with zero attached hydrogens (tertiary/aromatic N) is 2. The van der Waals surface area contributed by atoms with Crippen molar-refractivity contribution in [3.63, 3.8) is 0 Å². The third kappa shape index (κ3) is 3.00. The maximum absolute atomic E-state index is 14.4. The summed E-state index contributed by atoms with van der Waals surface area (Å²) < 4.78 is 44.1. The van der Waals surface area contributed by atoms with Crippen LogP contribution in [-0.2, 0) is 6.54 Å². The molecule has 0 N–H and O–H groups in total. The fourth-order valence-corrected chi connectivity index (χ4v) is 3.79. The van der Waals surface area contributed by atoms with Gasteiger partial charge < -0.3 is 0 Å². The van der Waals surface area contributed by atoms with Crippen molar-refractivity contribution < 1.29 is 13.2 Å². The Kier molecular flexibility index (Phi) is 4.26. The first kappa shape index (κ1) is 17.1. The average Bonchev–Trinajstić information content (AvgIpc) is 3.40. The topological polar surface area (TPSA) is 26.9 Å². The summed E-state index contributed by atoms with van der Waals surface area (Å²) in [5.41, 5.74) is 1.13. The van der Waals surface area contributed by atoms with Crippen LogP contribution >= 0.6 is 15.9 Å². The molecule has 0 unspecified atom stereocenters. The maximum atomic E-state index is 14.4. The van der Waals surface area contributed by atoms with E-state index in [1.807, 2.05) is 0 Å². The van der Waals surface area contributed by atoms with Crippen LogP contribution in [0.25, 0.3) is 5.69 Å². The van der Waals surface area contributed by atoms with Crippen molar-refractivity contribution in [2.45, 2.75) is 25.3 Å². The molecule has 0 amide bonds. The van der Waals surface area contributed by atoms with Crippen LogP contribution in [0.5, 0.6) is 0 Å². The summed E-state index contributed by atoms with van der Waals surface area (Å²) in [6, 6.07) is 9.03. The molecule has 1 aliphatic rings. The first-order chi connectivity index (χ1) is 12.5. The van der Waals surface area contributed by atoms with E-state index in [0.717, 1.165) is 36.2 Å². The summed E-state index contributed by atoms with van der Waals surface area (Å²) in [5, 5.41) is 0. The Labute approximate surface area is 155 Å². The molecule has 26 heavy (non-hydrogen) atoms. The molecule has 3 aromatic rings. The third-order valence-corrected chi connectivity index (χ3v) is 5.22. The van der Waals surface area contributed by atoms with Gasteiger partial charge in [0.05, 0.1) is 12.2 Å². The van der Waals surface area contributed by atoms with Gasteiger partial charge in [-0.2, -0.15) is 0 Å². The second-order valence-electron chi connectivity index (χ2n) is 6.37. The minimum absolute atomic E-state index is 0.0221. The molecular weight excluding hydrogens is 409 g/mol. The van der Waals surface area contributed by atoms with Gasteiger partial charge in [-0.25, -0.2) is 17.9 Å². The maximum Gasteiger partial charge on any atom is 0.286 e. The van der Waals surface area contributed by atoms with Gasteiger partial charge >= 0.3 is 0 Å². The SMILES string of the molecule is O=c1c(Br)c(C2CC2)n(Cc2ccc(F)cc2)n1-c1ccc(F)cc1F. The standard InChI is InChI=1S/C19H14BrF3N2O/c20-17-18(12-3-4-12)24(10-11-1-5-13(21)6-2-11)25(19(17)26)16-8-7-14(22)9-15(16)23/h1-2,5-9,12H,3-4,10H2. The van der Waals surface area contributed by atoms with Crippen LogP contribution in [0.15, 0.2) is 51.7 Å². The Morgan fingerprint density at radius 1 is 1.00 bits per heavy atom. The molecule has 2 aromatic carbocycles. The molecule has 7 heteroatoms. The van der Waals surface area contributed by atoms with Gasteiger partial charge in [0, 0.05) is 12.0 Å². The van der Waals surface area contributed by atoms with Crippen molar-refractivity contribution in [1.29, 1.82) is 0 Å². The monoisotopic (exact) mass is 422 g/mol. The van der Waals surface area contributed by atoms with E-state index >= 15 is 0 Å². The molecule has 0 spiro atoms. The molecule has 134 valence electrons. The van der Waals surface area contributed by atoms with E-state index in [0.29, 0.717) is 4.47 Å². The van der Waals surface area contributed by atoms with Crippen LogP contribution in [0.3, 0.4) is 0 Å². The number of aromatic nitrogens is 2. The van der Waals surface area contributed by atoms with Gasteiger partial charge in [-0.05, 0) is 58.6 Å². The number of benzene rings is 2. The zero-order chi connectivity index (χ0) is 18.4. The summed E-state index contributed by atoms with van der Waals surface area (Å²) in [6.45, 7) is 0.268. The van der Waals surface area contributed by atoms with E-state index in [-0.39, 0.29) is 24.0 Å². The highest BCUT2D eigenvalue weighted by molar-refractivity contribution is 9.10. The summed E-state index contributed by atoms with van der Waals surface area (Å²) in [5.74, 6) is -1.67. The zero-order valence-corrected chi connectivity index (χ0v) is 15.1. The molecule has 1 aromatic heterocycles. The second-order valence-corrected chi connectivity index (χ2v) is 7.16. The van der Waals surface area contributed by atoms with Crippen molar-refractivity contribution in [3.05, 3.63) is 86.0 Å². The first-order valence-electron chi connectivity index (χ1n) is 8.17. The summed E-state index contributed by atoms with van der Waals surface area (Å²) >= 11 is 3.34. The zero-order valence-electron chi connectivity index (χ0n) is 13.6. The van der Waals surface area contributed by atoms with Crippen LogP contribution in [-0.4, -0.2) is 9.36 Å². The van der Waals surface area contributed by atoms with Crippen LogP contribution < -0.4 is 5.56 Å². The summed E-state index contributed by atoms with van der Waals surface area (Å²) in [6.07, 6.45) is 1.88. The molecule has 0 aliphatic heterocycles. The fourth-order valence-electron chi connectivity index (χ4n) is 3.09. The second kappa shape index (κ2) is 6.46. The average molecular weight is 423 g/mol. The molecule has 1 fully saturated rings. The van der Waals surface area contributed by atoms with Gasteiger partial charge in [-0.3, -0.25) is 9.48 Å². The Morgan fingerprint density at radius 2 is 1.65 bits per heavy atom. The molecule has 0 radical (unpaired) electrons. The smallest absolute Gasteiger partial charge is 0.276 e. The van der Waals surface area contributed by atoms with Crippen molar-refractivity contribution >= 4 is 15.9 Å². The highest BCUT2D eigenvalue weighted by atomic mass is 79.9. The van der Waals surface area contributed by atoms with Gasteiger partial charge in [0.25, 0.3) is 5.56 Å². The summed E-state index contributed by atoms with van der Waals surface area (Å²) in [7, 11) is 0. The molecular formula is C19H14BrF3N2O. The lowest BCUT2D eigenvalue weighted by atomic mass is 10.2. The minimum atomic E-state index is -0.820. The van der Waals surface area contributed by atoms with Gasteiger partial charge in [-0.1, -0.05) is 12.1 Å². The van der Waals surface area contributed by atoms with Crippen molar-refractivity contribution in [1.82, 2.24) is 9.36 Å². The predicted molar refractivity (Wildman–Crippen MR) is 95.1 cm³/mol. The third-order valence-electron chi connectivity index (χ3n) is 4.47. The van der Waals surface area contributed by atoms with E-state index in [1.54, 1.807) is 16.8 Å². The van der Waals surface area contributed by atoms with Crippen LogP contribution in [0.1, 0.15) is 30.0 Å². The largest absolute Gasteiger partial charge is 0.286 e. The van der Waals surface area contributed by atoms with E-state index < -0.39 is 17.2 Å². The lowest BCUT2D eigenvalue weighted by Gasteiger charge is -2.16. The van der Waals surface area contributed by atoms with Gasteiger partial charge in [0.15, 0.2) is 5.82 Å². The molecule has 1 heterocycles. The van der Waals surface area contributed by atoms with Gasteiger partial charge in [0.1, 0.15) is 21.8 Å². The predicted octanol–water partition coefficient (Wildman–Crippen LogP) is 4.74. The molecule has 0 bridgehead atoms. The van der Waals surface area contributed by atoms with Gasteiger partial charge in [0.2, 0.25) is 0 Å². The van der Waals surface area contributed by atoms with Crippen LogP contribution in [0, 0.1) is 17.5 Å². The molecule has 0 atom stereocenters. The van der Waals surface area contributed by atoms with E-state index in [4.69, 9.17) is 0 Å². The molecule has 4 rings (SSSR count). The number of halogens is 4. The number of rotatable bonds is 4. The Bertz CT molecular complexity index is 1040. The molecule has 3 nitrogen and oxygen atoms in total. The van der Waals surface area contributed by atoms with E-state index in [1.165, 1.54) is 22.9 Å². The van der Waals surface area contributed by atoms with Gasteiger partial charge in [-0.15, -0.1) is 0 Å². The van der Waals surface area contributed by atoms with Crippen LogP contribution in [0.4, 0.5) is 13.2 Å². The van der Waals surface area contributed by atoms with Crippen molar-refractivity contribution in [2.24, 2.45) is 0 Å². The Hall–Kier alpha value is -2.28. The lowest BCUT2D eigenvalue weighted by molar-refractivity contribution is 0.527. The van der Waals surface area contributed by atoms with Crippen LogP contribution in [0.2, 0.25) is 0 Å². The van der Waals surface area contributed by atoms with Crippen molar-refractivity contribution in [2.75, 3.05) is 0 Å². The first-order valence-corrected chi connectivity index (χ1v) is 8.96. The molecule has 0 saturated heterocycles. The normalized spacial score (nSPS) is 14.0. The lowest BCUT2D eigenvalue weighted by Crippen LogP contribution is -2.23. The number of hydrogen-bond donors (Lipinski definition) is 0. The molecule has 1 aliphatic carbocycles. The quantitative estimate of drug-likeness (QED) is 0.596. The fraction of sp³-hybridized carbons (Fsp3) is 0.211.